The Labute approximate surface area is 125 Å². The highest BCUT2D eigenvalue weighted by molar-refractivity contribution is 5.95. The van der Waals surface area contributed by atoms with E-state index in [0.717, 1.165) is 12.8 Å². The number of rotatable bonds is 6. The van der Waals surface area contributed by atoms with Crippen LogP contribution in [0, 0.1) is 5.92 Å². The maximum Gasteiger partial charge on any atom is 0.324 e. The van der Waals surface area contributed by atoms with E-state index in [4.69, 9.17) is 9.47 Å². The van der Waals surface area contributed by atoms with Gasteiger partial charge in [-0.3, -0.25) is 10.1 Å². The van der Waals surface area contributed by atoms with E-state index in [1.54, 1.807) is 25.9 Å². The van der Waals surface area contributed by atoms with Gasteiger partial charge < -0.3 is 19.5 Å². The third kappa shape index (κ3) is 5.61. The number of hydrogen-bond donors (Lipinski definition) is 2. The summed E-state index contributed by atoms with van der Waals surface area (Å²) in [5.41, 5.74) is 0. The predicted molar refractivity (Wildman–Crippen MR) is 76.6 cm³/mol. The van der Waals surface area contributed by atoms with Gasteiger partial charge in [0.2, 0.25) is 5.91 Å². The average molecular weight is 302 g/mol. The first-order valence-corrected chi connectivity index (χ1v) is 7.38. The minimum atomic E-state index is -0.731. The van der Waals surface area contributed by atoms with Gasteiger partial charge in [-0.1, -0.05) is 13.8 Å². The number of nitrogens with zero attached hydrogens (tertiary/aromatic N) is 1. The van der Waals surface area contributed by atoms with Crippen molar-refractivity contribution >= 4 is 11.9 Å². The van der Waals surface area contributed by atoms with Crippen molar-refractivity contribution in [1.29, 1.82) is 0 Å². The number of methoxy groups -OCH3 is 1. The Morgan fingerprint density at radius 1 is 1.38 bits per heavy atom. The van der Waals surface area contributed by atoms with Crippen molar-refractivity contribution in [2.24, 2.45) is 5.92 Å². The van der Waals surface area contributed by atoms with E-state index in [2.05, 4.69) is 5.32 Å². The molecule has 21 heavy (non-hydrogen) atoms. The highest BCUT2D eigenvalue weighted by atomic mass is 16.7. The lowest BCUT2D eigenvalue weighted by atomic mass is 10.0. The topological polar surface area (TPSA) is 88.1 Å². The minimum absolute atomic E-state index is 0.0885. The van der Waals surface area contributed by atoms with Crippen LogP contribution in [-0.2, 0) is 14.3 Å². The zero-order chi connectivity index (χ0) is 15.8. The van der Waals surface area contributed by atoms with Crippen molar-refractivity contribution in [1.82, 2.24) is 10.2 Å². The number of hydrogen-bond acceptors (Lipinski definition) is 5. The highest BCUT2D eigenvalue weighted by Crippen LogP contribution is 2.14. The molecule has 1 saturated heterocycles. The van der Waals surface area contributed by atoms with Gasteiger partial charge >= 0.3 is 6.03 Å². The number of piperidine rings is 1. The number of imide groups is 1. The molecule has 0 unspecified atom stereocenters. The zero-order valence-corrected chi connectivity index (χ0v) is 13.0. The van der Waals surface area contributed by atoms with Crippen molar-refractivity contribution < 1.29 is 24.2 Å². The molecule has 0 radical (unpaired) electrons. The summed E-state index contributed by atoms with van der Waals surface area (Å²) in [5, 5.41) is 12.0. The summed E-state index contributed by atoms with van der Waals surface area (Å²) < 4.78 is 10.3. The van der Waals surface area contributed by atoms with E-state index in [9.17, 15) is 14.7 Å². The van der Waals surface area contributed by atoms with Crippen molar-refractivity contribution in [2.45, 2.75) is 45.3 Å². The van der Waals surface area contributed by atoms with Crippen LogP contribution in [0.5, 0.6) is 0 Å². The third-order valence-electron chi connectivity index (χ3n) is 3.79. The van der Waals surface area contributed by atoms with Crippen LogP contribution in [0.3, 0.4) is 0 Å². The minimum Gasteiger partial charge on any atom is -0.392 e. The van der Waals surface area contributed by atoms with Gasteiger partial charge in [-0.15, -0.1) is 0 Å². The lowest BCUT2D eigenvalue weighted by Gasteiger charge is -2.31. The van der Waals surface area contributed by atoms with E-state index in [1.165, 1.54) is 0 Å². The standard InChI is InChI=1S/C14H26N2O5/c1-4-12(17)10(2)13(18)15-14(19)16-7-5-11(6-8-16)21-9-20-3/h10-12,17H,4-9H2,1-3H3,(H,15,18,19)/t10-,12-/m1/s1. The van der Waals surface area contributed by atoms with Gasteiger partial charge in [-0.2, -0.15) is 0 Å². The molecule has 7 nitrogen and oxygen atoms in total. The van der Waals surface area contributed by atoms with Crippen molar-refractivity contribution in [3.8, 4) is 0 Å². The van der Waals surface area contributed by atoms with Crippen molar-refractivity contribution in [2.75, 3.05) is 27.0 Å². The summed E-state index contributed by atoms with van der Waals surface area (Å²) >= 11 is 0. The van der Waals surface area contributed by atoms with Gasteiger partial charge in [0.05, 0.1) is 18.1 Å². The smallest absolute Gasteiger partial charge is 0.324 e. The molecule has 1 heterocycles. The summed E-state index contributed by atoms with van der Waals surface area (Å²) in [5.74, 6) is -1.03. The Bertz CT molecular complexity index is 342. The number of aliphatic hydroxyl groups is 1. The molecule has 2 atom stereocenters. The summed E-state index contributed by atoms with van der Waals surface area (Å²) in [6, 6.07) is -0.402. The Kier molecular flexibility index (Phi) is 7.63. The fraction of sp³-hybridized carbons (Fsp3) is 0.857. The second-order valence-electron chi connectivity index (χ2n) is 5.32. The van der Waals surface area contributed by atoms with E-state index in [1.807, 2.05) is 0 Å². The van der Waals surface area contributed by atoms with Crippen LogP contribution in [0.2, 0.25) is 0 Å². The van der Waals surface area contributed by atoms with Gasteiger partial charge in [0.15, 0.2) is 0 Å². The maximum absolute atomic E-state index is 12.0. The molecule has 0 aromatic rings. The van der Waals surface area contributed by atoms with Crippen LogP contribution in [0.15, 0.2) is 0 Å². The van der Waals surface area contributed by atoms with Crippen LogP contribution in [0.25, 0.3) is 0 Å². The molecule has 0 aliphatic carbocycles. The average Bonchev–Trinajstić information content (AvgIpc) is 2.51. The molecule has 122 valence electrons. The summed E-state index contributed by atoms with van der Waals surface area (Å²) in [6.07, 6.45) is 1.28. The molecule has 1 aliphatic rings. The number of carbonyl (C=O) groups excluding carboxylic acids is 2. The quantitative estimate of drug-likeness (QED) is 0.706. The van der Waals surface area contributed by atoms with Crippen LogP contribution in [0.1, 0.15) is 33.1 Å². The fourth-order valence-corrected chi connectivity index (χ4v) is 2.22. The molecule has 7 heteroatoms. The van der Waals surface area contributed by atoms with Crippen LogP contribution in [0.4, 0.5) is 4.79 Å². The molecular formula is C14H26N2O5. The molecule has 1 aliphatic heterocycles. The number of urea groups is 1. The Hall–Kier alpha value is -1.18. The van der Waals surface area contributed by atoms with Crippen LogP contribution >= 0.6 is 0 Å². The van der Waals surface area contributed by atoms with Crippen LogP contribution < -0.4 is 5.32 Å². The molecule has 0 bridgehead atoms. The predicted octanol–water partition coefficient (Wildman–Crippen LogP) is 0.714. The normalized spacial score (nSPS) is 19.1. The molecule has 0 aromatic carbocycles. The summed E-state index contributed by atoms with van der Waals surface area (Å²) in [7, 11) is 1.57. The number of ether oxygens (including phenoxy) is 2. The van der Waals surface area contributed by atoms with E-state index in [0.29, 0.717) is 19.5 Å². The van der Waals surface area contributed by atoms with E-state index in [-0.39, 0.29) is 12.9 Å². The molecule has 0 saturated carbocycles. The summed E-state index contributed by atoms with van der Waals surface area (Å²) in [6.45, 7) is 4.74. The Morgan fingerprint density at radius 2 is 2.00 bits per heavy atom. The maximum atomic E-state index is 12.0. The lowest BCUT2D eigenvalue weighted by Crippen LogP contribution is -2.49. The molecule has 0 spiro atoms. The van der Waals surface area contributed by atoms with Gasteiger partial charge in [-0.25, -0.2) is 4.79 Å². The third-order valence-corrected chi connectivity index (χ3v) is 3.79. The zero-order valence-electron chi connectivity index (χ0n) is 13.0. The first-order valence-electron chi connectivity index (χ1n) is 7.38. The fourth-order valence-electron chi connectivity index (χ4n) is 2.22. The second kappa shape index (κ2) is 8.96. The largest absolute Gasteiger partial charge is 0.392 e. The number of carbonyl (C=O) groups is 2. The van der Waals surface area contributed by atoms with Gasteiger partial charge in [0.1, 0.15) is 6.79 Å². The Morgan fingerprint density at radius 3 is 2.52 bits per heavy atom. The van der Waals surface area contributed by atoms with Crippen LogP contribution in [-0.4, -0.2) is 61.1 Å². The lowest BCUT2D eigenvalue weighted by molar-refractivity contribution is -0.127. The van der Waals surface area contributed by atoms with E-state index >= 15 is 0 Å². The number of nitrogens with one attached hydrogen (secondary N) is 1. The number of likely N-dealkylation sites (tertiary alicyclic amines) is 1. The number of amides is 3. The monoisotopic (exact) mass is 302 g/mol. The van der Waals surface area contributed by atoms with Gasteiger partial charge in [-0.05, 0) is 19.3 Å². The van der Waals surface area contributed by atoms with Crippen molar-refractivity contribution in [3.05, 3.63) is 0 Å². The molecule has 3 amide bonds. The van der Waals surface area contributed by atoms with Crippen molar-refractivity contribution in [3.63, 3.8) is 0 Å². The molecule has 1 fully saturated rings. The highest BCUT2D eigenvalue weighted by Gasteiger charge is 2.27. The molecular weight excluding hydrogens is 276 g/mol. The molecule has 2 N–H and O–H groups in total. The van der Waals surface area contributed by atoms with E-state index < -0.39 is 24.0 Å². The molecule has 1 rings (SSSR count). The second-order valence-corrected chi connectivity index (χ2v) is 5.32. The van der Waals surface area contributed by atoms with Gasteiger partial charge in [0, 0.05) is 20.2 Å². The first kappa shape index (κ1) is 17.9. The SMILES string of the molecule is CC[C@@H](O)[C@@H](C)C(=O)NC(=O)N1CCC(OCOC)CC1. The number of aliphatic hydroxyl groups excluding tert-OH is 1. The molecule has 0 aromatic heterocycles. The summed E-state index contributed by atoms with van der Waals surface area (Å²) in [4.78, 5) is 25.4. The Balaban J connectivity index is 2.35. The van der Waals surface area contributed by atoms with Gasteiger partial charge in [0.25, 0.3) is 0 Å². The first-order chi connectivity index (χ1) is 9.99.